The fourth-order valence-corrected chi connectivity index (χ4v) is 1.35. The first-order valence-electron chi connectivity index (χ1n) is 4.52. The lowest BCUT2D eigenvalue weighted by molar-refractivity contribution is 0.571. The quantitative estimate of drug-likeness (QED) is 0.653. The second-order valence-corrected chi connectivity index (χ2v) is 4.36. The van der Waals surface area contributed by atoms with Crippen LogP contribution in [0, 0.1) is 0 Å². The minimum absolute atomic E-state index is 0.130. The number of H-pyrrole nitrogens is 1. The Bertz CT molecular complexity index is 421. The molecule has 0 atom stereocenters. The van der Waals surface area contributed by atoms with Gasteiger partial charge in [0, 0.05) is 17.3 Å². The van der Waals surface area contributed by atoms with Gasteiger partial charge in [-0.3, -0.25) is 4.98 Å². The van der Waals surface area contributed by atoms with Crippen molar-refractivity contribution < 1.29 is 0 Å². The summed E-state index contributed by atoms with van der Waals surface area (Å²) < 4.78 is 0. The van der Waals surface area contributed by atoms with Crippen LogP contribution >= 0.6 is 0 Å². The van der Waals surface area contributed by atoms with Crippen molar-refractivity contribution >= 4 is 11.0 Å². The van der Waals surface area contributed by atoms with E-state index in [2.05, 4.69) is 42.9 Å². The minimum atomic E-state index is 0.130. The SMILES string of the molecule is CC(C)(C)c1ccc2[nH]ccc2n1. The summed E-state index contributed by atoms with van der Waals surface area (Å²) in [4.78, 5) is 7.71. The van der Waals surface area contributed by atoms with Gasteiger partial charge in [-0.25, -0.2) is 0 Å². The molecule has 0 aliphatic heterocycles. The van der Waals surface area contributed by atoms with Crippen molar-refractivity contribution in [2.45, 2.75) is 26.2 Å². The van der Waals surface area contributed by atoms with Crippen molar-refractivity contribution in [1.29, 1.82) is 0 Å². The fourth-order valence-electron chi connectivity index (χ4n) is 1.35. The number of hydrogen-bond donors (Lipinski definition) is 1. The summed E-state index contributed by atoms with van der Waals surface area (Å²) in [6.45, 7) is 6.52. The normalized spacial score (nSPS) is 12.2. The molecule has 0 aromatic carbocycles. The third kappa shape index (κ3) is 1.44. The Hall–Kier alpha value is -1.31. The van der Waals surface area contributed by atoms with E-state index in [0.717, 1.165) is 16.7 Å². The predicted octanol–water partition coefficient (Wildman–Crippen LogP) is 2.86. The lowest BCUT2D eigenvalue weighted by Gasteiger charge is -2.17. The van der Waals surface area contributed by atoms with E-state index in [1.54, 1.807) is 0 Å². The van der Waals surface area contributed by atoms with Crippen LogP contribution in [0.3, 0.4) is 0 Å². The molecule has 2 rings (SSSR count). The summed E-state index contributed by atoms with van der Waals surface area (Å²) in [5.41, 5.74) is 3.42. The Morgan fingerprint density at radius 2 is 1.92 bits per heavy atom. The van der Waals surface area contributed by atoms with Crippen LogP contribution in [0.1, 0.15) is 26.5 Å². The Morgan fingerprint density at radius 3 is 2.62 bits per heavy atom. The van der Waals surface area contributed by atoms with Crippen LogP contribution in [-0.2, 0) is 5.41 Å². The number of aromatic nitrogens is 2. The van der Waals surface area contributed by atoms with Crippen molar-refractivity contribution in [2.75, 3.05) is 0 Å². The van der Waals surface area contributed by atoms with Gasteiger partial charge < -0.3 is 4.98 Å². The van der Waals surface area contributed by atoms with Gasteiger partial charge in [-0.1, -0.05) is 20.8 Å². The van der Waals surface area contributed by atoms with Gasteiger partial charge in [0.25, 0.3) is 0 Å². The molecule has 0 fully saturated rings. The molecule has 2 aromatic rings. The molecule has 2 nitrogen and oxygen atoms in total. The highest BCUT2D eigenvalue weighted by Gasteiger charge is 2.15. The van der Waals surface area contributed by atoms with E-state index in [-0.39, 0.29) is 5.41 Å². The van der Waals surface area contributed by atoms with E-state index < -0.39 is 0 Å². The van der Waals surface area contributed by atoms with Crippen LogP contribution in [0.5, 0.6) is 0 Å². The van der Waals surface area contributed by atoms with Crippen LogP contribution in [0.15, 0.2) is 24.4 Å². The van der Waals surface area contributed by atoms with Gasteiger partial charge in [0.1, 0.15) is 0 Å². The number of hydrogen-bond acceptors (Lipinski definition) is 1. The van der Waals surface area contributed by atoms with Crippen molar-refractivity contribution in [3.05, 3.63) is 30.1 Å². The molecule has 68 valence electrons. The molecular formula is C11H14N2. The topological polar surface area (TPSA) is 28.7 Å². The molecule has 0 amide bonds. The standard InChI is InChI=1S/C11H14N2/c1-11(2,3)10-5-4-8-9(13-10)6-7-12-8/h4-7,12H,1-3H3. The van der Waals surface area contributed by atoms with E-state index in [1.165, 1.54) is 0 Å². The summed E-state index contributed by atoms with van der Waals surface area (Å²) in [5.74, 6) is 0. The van der Waals surface area contributed by atoms with Crippen molar-refractivity contribution in [2.24, 2.45) is 0 Å². The lowest BCUT2D eigenvalue weighted by atomic mass is 9.91. The first-order valence-corrected chi connectivity index (χ1v) is 4.52. The zero-order valence-corrected chi connectivity index (χ0v) is 8.26. The van der Waals surface area contributed by atoms with E-state index >= 15 is 0 Å². The maximum atomic E-state index is 4.58. The molecule has 2 heterocycles. The highest BCUT2D eigenvalue weighted by atomic mass is 14.8. The smallest absolute Gasteiger partial charge is 0.0882 e. The van der Waals surface area contributed by atoms with Gasteiger partial charge in [-0.15, -0.1) is 0 Å². The predicted molar refractivity (Wildman–Crippen MR) is 54.8 cm³/mol. The van der Waals surface area contributed by atoms with Crippen LogP contribution < -0.4 is 0 Å². The fraction of sp³-hybridized carbons (Fsp3) is 0.364. The van der Waals surface area contributed by atoms with Gasteiger partial charge in [-0.2, -0.15) is 0 Å². The third-order valence-electron chi connectivity index (χ3n) is 2.17. The number of nitrogens with one attached hydrogen (secondary N) is 1. The molecule has 13 heavy (non-hydrogen) atoms. The Balaban J connectivity index is 2.61. The van der Waals surface area contributed by atoms with Gasteiger partial charge in [0.05, 0.1) is 11.0 Å². The van der Waals surface area contributed by atoms with Gasteiger partial charge in [0.15, 0.2) is 0 Å². The largest absolute Gasteiger partial charge is 0.360 e. The highest BCUT2D eigenvalue weighted by molar-refractivity contribution is 5.74. The zero-order valence-electron chi connectivity index (χ0n) is 8.26. The summed E-state index contributed by atoms with van der Waals surface area (Å²) in [5, 5.41) is 0. The van der Waals surface area contributed by atoms with E-state index in [0.29, 0.717) is 0 Å². The molecule has 2 heteroatoms. The third-order valence-corrected chi connectivity index (χ3v) is 2.17. The van der Waals surface area contributed by atoms with Crippen molar-refractivity contribution in [1.82, 2.24) is 9.97 Å². The maximum absolute atomic E-state index is 4.58. The number of fused-ring (bicyclic) bond motifs is 1. The molecule has 0 saturated carbocycles. The number of aromatic amines is 1. The molecule has 0 radical (unpaired) electrons. The van der Waals surface area contributed by atoms with Crippen LogP contribution in [-0.4, -0.2) is 9.97 Å². The molecule has 0 aliphatic carbocycles. The maximum Gasteiger partial charge on any atom is 0.0882 e. The molecular weight excluding hydrogens is 160 g/mol. The number of rotatable bonds is 0. The Labute approximate surface area is 78.0 Å². The summed E-state index contributed by atoms with van der Waals surface area (Å²) >= 11 is 0. The zero-order chi connectivity index (χ0) is 9.47. The summed E-state index contributed by atoms with van der Waals surface area (Å²) in [6.07, 6.45) is 1.92. The van der Waals surface area contributed by atoms with Gasteiger partial charge >= 0.3 is 0 Å². The molecule has 0 saturated heterocycles. The van der Waals surface area contributed by atoms with Gasteiger partial charge in [0.2, 0.25) is 0 Å². The molecule has 1 N–H and O–H groups in total. The second-order valence-electron chi connectivity index (χ2n) is 4.36. The van der Waals surface area contributed by atoms with E-state index in [9.17, 15) is 0 Å². The monoisotopic (exact) mass is 174 g/mol. The lowest BCUT2D eigenvalue weighted by Crippen LogP contribution is -2.12. The van der Waals surface area contributed by atoms with Crippen LogP contribution in [0.2, 0.25) is 0 Å². The molecule has 0 bridgehead atoms. The minimum Gasteiger partial charge on any atom is -0.360 e. The van der Waals surface area contributed by atoms with Crippen molar-refractivity contribution in [3.8, 4) is 0 Å². The summed E-state index contributed by atoms with van der Waals surface area (Å²) in [7, 11) is 0. The molecule has 0 aliphatic rings. The van der Waals surface area contributed by atoms with E-state index in [1.807, 2.05) is 12.3 Å². The molecule has 0 spiro atoms. The first-order chi connectivity index (χ1) is 6.07. The second kappa shape index (κ2) is 2.59. The number of pyridine rings is 1. The molecule has 2 aromatic heterocycles. The highest BCUT2D eigenvalue weighted by Crippen LogP contribution is 2.22. The number of nitrogens with zero attached hydrogens (tertiary/aromatic N) is 1. The van der Waals surface area contributed by atoms with E-state index in [4.69, 9.17) is 0 Å². The summed E-state index contributed by atoms with van der Waals surface area (Å²) in [6, 6.07) is 6.17. The van der Waals surface area contributed by atoms with Gasteiger partial charge in [-0.05, 0) is 18.2 Å². The first kappa shape index (κ1) is 8.30. The average molecular weight is 174 g/mol. The Kier molecular flexibility index (Phi) is 1.65. The van der Waals surface area contributed by atoms with Crippen molar-refractivity contribution in [3.63, 3.8) is 0 Å². The van der Waals surface area contributed by atoms with Crippen LogP contribution in [0.25, 0.3) is 11.0 Å². The average Bonchev–Trinajstić information content (AvgIpc) is 2.47. The van der Waals surface area contributed by atoms with Crippen LogP contribution in [0.4, 0.5) is 0 Å². The molecule has 0 unspecified atom stereocenters. The Morgan fingerprint density at radius 1 is 1.15 bits per heavy atom.